The molecule has 1 aromatic heterocycles. The Morgan fingerprint density at radius 2 is 1.45 bits per heavy atom. The van der Waals surface area contributed by atoms with Gasteiger partial charge in [0.2, 0.25) is 0 Å². The molecule has 1 amide bonds. The first-order chi connectivity index (χ1) is 17.8. The Morgan fingerprint density at radius 3 is 1.97 bits per heavy atom. The van der Waals surface area contributed by atoms with Gasteiger partial charge in [-0.2, -0.15) is 5.10 Å². The molecule has 3 aromatic carbocycles. The number of carboxylic acids is 1. The number of carboxylic acid groups (broad SMARTS) is 1. The van der Waals surface area contributed by atoms with Crippen LogP contribution in [0.3, 0.4) is 0 Å². The van der Waals surface area contributed by atoms with Gasteiger partial charge in [0.15, 0.2) is 0 Å². The minimum atomic E-state index is -0.963. The van der Waals surface area contributed by atoms with Crippen molar-refractivity contribution in [1.29, 1.82) is 0 Å². The standard InChI is InChI=1S/C32H35N3O3/c1-20(2)24-16-25(18-26(17-24)32(3,4)5)29-19-28(21-8-10-23(11-9-21)31(37)38)33-35(29)27-14-12-22(13-15-27)30(36)34(6)7/h8-20H,1-7H3,(H,37,38). The van der Waals surface area contributed by atoms with Crippen molar-refractivity contribution in [2.45, 2.75) is 46.0 Å². The lowest BCUT2D eigenvalue weighted by Gasteiger charge is -2.22. The van der Waals surface area contributed by atoms with Crippen LogP contribution in [0, 0.1) is 0 Å². The molecule has 4 rings (SSSR count). The fraction of sp³-hybridized carbons (Fsp3) is 0.281. The molecular weight excluding hydrogens is 474 g/mol. The molecule has 0 aliphatic carbocycles. The number of carbonyl (C=O) groups excluding carboxylic acids is 1. The minimum Gasteiger partial charge on any atom is -0.478 e. The lowest BCUT2D eigenvalue weighted by molar-refractivity contribution is 0.0696. The summed E-state index contributed by atoms with van der Waals surface area (Å²) in [5.74, 6) is -0.668. The number of hydrogen-bond acceptors (Lipinski definition) is 3. The van der Waals surface area contributed by atoms with Crippen molar-refractivity contribution in [1.82, 2.24) is 14.7 Å². The van der Waals surface area contributed by atoms with E-state index in [0.29, 0.717) is 11.5 Å². The first kappa shape index (κ1) is 26.9. The van der Waals surface area contributed by atoms with Crippen LogP contribution in [-0.4, -0.2) is 45.8 Å². The number of aromatic nitrogens is 2. The van der Waals surface area contributed by atoms with E-state index in [2.05, 4.69) is 52.8 Å². The third kappa shape index (κ3) is 5.54. The van der Waals surface area contributed by atoms with Crippen LogP contribution in [0.2, 0.25) is 0 Å². The molecule has 196 valence electrons. The molecule has 0 saturated carbocycles. The van der Waals surface area contributed by atoms with Gasteiger partial charge in [-0.1, -0.05) is 52.8 Å². The molecule has 0 atom stereocenters. The van der Waals surface area contributed by atoms with Crippen LogP contribution < -0.4 is 0 Å². The Labute approximate surface area is 224 Å². The number of carbonyl (C=O) groups is 2. The SMILES string of the molecule is CC(C)c1cc(-c2cc(-c3ccc(C(=O)O)cc3)nn2-c2ccc(C(=O)N(C)C)cc2)cc(C(C)(C)C)c1. The molecule has 0 aliphatic heterocycles. The Balaban J connectivity index is 1.91. The van der Waals surface area contributed by atoms with Crippen LogP contribution in [0.4, 0.5) is 0 Å². The van der Waals surface area contributed by atoms with Crippen LogP contribution in [0.1, 0.15) is 72.4 Å². The summed E-state index contributed by atoms with van der Waals surface area (Å²) in [6, 6.07) is 22.9. The molecule has 1 N–H and O–H groups in total. The van der Waals surface area contributed by atoms with E-state index < -0.39 is 5.97 Å². The highest BCUT2D eigenvalue weighted by molar-refractivity contribution is 5.94. The average Bonchev–Trinajstić information content (AvgIpc) is 3.33. The van der Waals surface area contributed by atoms with Crippen LogP contribution in [0.5, 0.6) is 0 Å². The van der Waals surface area contributed by atoms with Crippen molar-refractivity contribution < 1.29 is 14.7 Å². The van der Waals surface area contributed by atoms with Crippen LogP contribution in [-0.2, 0) is 5.41 Å². The molecule has 4 aromatic rings. The topological polar surface area (TPSA) is 75.4 Å². The normalized spacial score (nSPS) is 11.6. The van der Waals surface area contributed by atoms with Gasteiger partial charge in [0, 0.05) is 30.8 Å². The van der Waals surface area contributed by atoms with Crippen molar-refractivity contribution in [2.75, 3.05) is 14.1 Å². The Kier molecular flexibility index (Phi) is 7.27. The molecule has 0 radical (unpaired) electrons. The van der Waals surface area contributed by atoms with Crippen LogP contribution >= 0.6 is 0 Å². The van der Waals surface area contributed by atoms with Gasteiger partial charge in [-0.05, 0) is 77.1 Å². The molecular formula is C32H35N3O3. The van der Waals surface area contributed by atoms with Gasteiger partial charge in [0.1, 0.15) is 0 Å². The van der Waals surface area contributed by atoms with E-state index >= 15 is 0 Å². The fourth-order valence-electron chi connectivity index (χ4n) is 4.28. The molecule has 0 saturated heterocycles. The fourth-order valence-corrected chi connectivity index (χ4v) is 4.28. The van der Waals surface area contributed by atoms with E-state index in [1.807, 2.05) is 35.0 Å². The van der Waals surface area contributed by atoms with Gasteiger partial charge in [-0.25, -0.2) is 9.48 Å². The Hall–Kier alpha value is -4.19. The summed E-state index contributed by atoms with van der Waals surface area (Å²) in [6.07, 6.45) is 0. The Bertz CT molecular complexity index is 1470. The van der Waals surface area contributed by atoms with E-state index in [9.17, 15) is 14.7 Å². The molecule has 0 fully saturated rings. The Morgan fingerprint density at radius 1 is 0.842 bits per heavy atom. The predicted molar refractivity (Wildman–Crippen MR) is 152 cm³/mol. The van der Waals surface area contributed by atoms with Crippen molar-refractivity contribution in [2.24, 2.45) is 0 Å². The highest BCUT2D eigenvalue weighted by Crippen LogP contribution is 2.35. The van der Waals surface area contributed by atoms with Gasteiger partial charge in [0.25, 0.3) is 5.91 Å². The zero-order chi connectivity index (χ0) is 27.8. The van der Waals surface area contributed by atoms with E-state index in [4.69, 9.17) is 5.10 Å². The van der Waals surface area contributed by atoms with Gasteiger partial charge in [-0.15, -0.1) is 0 Å². The predicted octanol–water partition coefficient (Wildman–Crippen LogP) is 7.03. The molecule has 1 heterocycles. The number of rotatable bonds is 6. The average molecular weight is 510 g/mol. The third-order valence-corrected chi connectivity index (χ3v) is 6.69. The van der Waals surface area contributed by atoms with Crippen molar-refractivity contribution in [3.05, 3.63) is 95.1 Å². The first-order valence-corrected chi connectivity index (χ1v) is 12.8. The number of hydrogen-bond donors (Lipinski definition) is 1. The van der Waals surface area contributed by atoms with E-state index in [0.717, 1.165) is 28.2 Å². The largest absolute Gasteiger partial charge is 0.478 e. The number of aromatic carboxylic acids is 1. The lowest BCUT2D eigenvalue weighted by atomic mass is 9.83. The van der Waals surface area contributed by atoms with Crippen molar-refractivity contribution in [3.8, 4) is 28.2 Å². The van der Waals surface area contributed by atoms with Crippen molar-refractivity contribution in [3.63, 3.8) is 0 Å². The number of nitrogens with zero attached hydrogens (tertiary/aromatic N) is 3. The van der Waals surface area contributed by atoms with E-state index in [-0.39, 0.29) is 16.9 Å². The minimum absolute atomic E-state index is 0.0335. The maximum atomic E-state index is 12.4. The number of amides is 1. The van der Waals surface area contributed by atoms with Crippen LogP contribution in [0.25, 0.3) is 28.2 Å². The second-order valence-corrected chi connectivity index (χ2v) is 11.2. The molecule has 0 aliphatic rings. The maximum Gasteiger partial charge on any atom is 0.335 e. The molecule has 6 heteroatoms. The first-order valence-electron chi connectivity index (χ1n) is 12.8. The van der Waals surface area contributed by atoms with Crippen molar-refractivity contribution >= 4 is 11.9 Å². The summed E-state index contributed by atoms with van der Waals surface area (Å²) in [5.41, 5.74) is 7.65. The summed E-state index contributed by atoms with van der Waals surface area (Å²) < 4.78 is 1.90. The highest BCUT2D eigenvalue weighted by atomic mass is 16.4. The third-order valence-electron chi connectivity index (χ3n) is 6.69. The van der Waals surface area contributed by atoms with Gasteiger partial charge < -0.3 is 10.0 Å². The molecule has 6 nitrogen and oxygen atoms in total. The highest BCUT2D eigenvalue weighted by Gasteiger charge is 2.20. The van der Waals surface area contributed by atoms with Gasteiger partial charge >= 0.3 is 5.97 Å². The van der Waals surface area contributed by atoms with Gasteiger partial charge in [-0.3, -0.25) is 4.79 Å². The van der Waals surface area contributed by atoms with Crippen LogP contribution in [0.15, 0.2) is 72.8 Å². The molecule has 0 bridgehead atoms. The van der Waals surface area contributed by atoms with E-state index in [1.54, 1.807) is 43.3 Å². The smallest absolute Gasteiger partial charge is 0.335 e. The second kappa shape index (κ2) is 10.3. The van der Waals surface area contributed by atoms with E-state index in [1.165, 1.54) is 11.1 Å². The number of benzene rings is 3. The maximum absolute atomic E-state index is 12.4. The zero-order valence-corrected chi connectivity index (χ0v) is 23.1. The second-order valence-electron chi connectivity index (χ2n) is 11.2. The lowest BCUT2D eigenvalue weighted by Crippen LogP contribution is -2.21. The summed E-state index contributed by atoms with van der Waals surface area (Å²) in [6.45, 7) is 11.0. The summed E-state index contributed by atoms with van der Waals surface area (Å²) in [7, 11) is 3.47. The molecule has 0 spiro atoms. The van der Waals surface area contributed by atoms with Gasteiger partial charge in [0.05, 0.1) is 22.6 Å². The quantitative estimate of drug-likeness (QED) is 0.303. The summed E-state index contributed by atoms with van der Waals surface area (Å²) in [4.78, 5) is 25.3. The summed E-state index contributed by atoms with van der Waals surface area (Å²) in [5, 5.41) is 14.3. The molecule has 38 heavy (non-hydrogen) atoms. The molecule has 0 unspecified atom stereocenters. The monoisotopic (exact) mass is 509 g/mol. The zero-order valence-electron chi connectivity index (χ0n) is 23.1. The summed E-state index contributed by atoms with van der Waals surface area (Å²) >= 11 is 0.